The summed E-state index contributed by atoms with van der Waals surface area (Å²) in [6, 6.07) is 4.58. The molecule has 1 aromatic rings. The predicted molar refractivity (Wildman–Crippen MR) is 62.0 cm³/mol. The van der Waals surface area contributed by atoms with Gasteiger partial charge in [0.15, 0.2) is 5.78 Å². The van der Waals surface area contributed by atoms with Crippen molar-refractivity contribution in [2.75, 3.05) is 7.11 Å². The first-order valence-corrected chi connectivity index (χ1v) is 5.34. The molecule has 0 aliphatic heterocycles. The van der Waals surface area contributed by atoms with E-state index < -0.39 is 5.97 Å². The molecule has 0 aliphatic carbocycles. The van der Waals surface area contributed by atoms with Crippen molar-refractivity contribution in [3.05, 3.63) is 33.8 Å². The highest BCUT2D eigenvalue weighted by molar-refractivity contribution is 6.35. The van der Waals surface area contributed by atoms with E-state index in [2.05, 4.69) is 4.74 Å². The summed E-state index contributed by atoms with van der Waals surface area (Å²) in [6.45, 7) is 0. The average molecular weight is 261 g/mol. The second-order valence-electron chi connectivity index (χ2n) is 3.16. The van der Waals surface area contributed by atoms with Crippen molar-refractivity contribution in [2.45, 2.75) is 12.8 Å². The molecule has 86 valence electrons. The van der Waals surface area contributed by atoms with Crippen molar-refractivity contribution in [3.63, 3.8) is 0 Å². The van der Waals surface area contributed by atoms with Crippen LogP contribution in [0.15, 0.2) is 18.2 Å². The van der Waals surface area contributed by atoms with Crippen LogP contribution in [0.5, 0.6) is 0 Å². The molecule has 0 unspecified atom stereocenters. The van der Waals surface area contributed by atoms with Crippen molar-refractivity contribution >= 4 is 35.0 Å². The number of methoxy groups -OCH3 is 1. The van der Waals surface area contributed by atoms with Gasteiger partial charge in [0.1, 0.15) is 0 Å². The maximum Gasteiger partial charge on any atom is 0.305 e. The zero-order valence-corrected chi connectivity index (χ0v) is 10.1. The van der Waals surface area contributed by atoms with Gasteiger partial charge in [-0.25, -0.2) is 0 Å². The van der Waals surface area contributed by atoms with Crippen LogP contribution in [0.1, 0.15) is 23.2 Å². The minimum Gasteiger partial charge on any atom is -0.469 e. The van der Waals surface area contributed by atoms with Gasteiger partial charge in [-0.2, -0.15) is 0 Å². The number of ketones is 1. The van der Waals surface area contributed by atoms with E-state index in [0.29, 0.717) is 15.6 Å². The molecule has 0 saturated carbocycles. The third-order valence-electron chi connectivity index (χ3n) is 1.97. The topological polar surface area (TPSA) is 43.4 Å². The molecule has 1 rings (SSSR count). The van der Waals surface area contributed by atoms with E-state index in [4.69, 9.17) is 23.2 Å². The SMILES string of the molecule is COC(=O)CCC(=O)c1cc(Cl)cc(Cl)c1. The van der Waals surface area contributed by atoms with Gasteiger partial charge in [0.05, 0.1) is 13.5 Å². The van der Waals surface area contributed by atoms with Gasteiger partial charge in [0.2, 0.25) is 0 Å². The maximum absolute atomic E-state index is 11.6. The number of esters is 1. The first-order chi connectivity index (χ1) is 7.52. The van der Waals surface area contributed by atoms with Gasteiger partial charge in [0, 0.05) is 22.0 Å². The number of benzene rings is 1. The number of ether oxygens (including phenoxy) is 1. The molecule has 0 heterocycles. The van der Waals surface area contributed by atoms with Crippen LogP contribution in [-0.2, 0) is 9.53 Å². The van der Waals surface area contributed by atoms with Crippen molar-refractivity contribution < 1.29 is 14.3 Å². The molecule has 0 aromatic heterocycles. The van der Waals surface area contributed by atoms with Gasteiger partial charge in [0.25, 0.3) is 0 Å². The lowest BCUT2D eigenvalue weighted by atomic mass is 10.1. The van der Waals surface area contributed by atoms with E-state index >= 15 is 0 Å². The van der Waals surface area contributed by atoms with Crippen LogP contribution in [-0.4, -0.2) is 18.9 Å². The Morgan fingerprint density at radius 1 is 1.12 bits per heavy atom. The monoisotopic (exact) mass is 260 g/mol. The molecule has 0 saturated heterocycles. The van der Waals surface area contributed by atoms with Crippen LogP contribution in [0.4, 0.5) is 0 Å². The average Bonchev–Trinajstić information content (AvgIpc) is 2.23. The molecule has 0 atom stereocenters. The van der Waals surface area contributed by atoms with E-state index in [1.165, 1.54) is 19.2 Å². The Morgan fingerprint density at radius 2 is 1.69 bits per heavy atom. The summed E-state index contributed by atoms with van der Waals surface area (Å²) in [5.74, 6) is -0.601. The number of rotatable bonds is 4. The minimum absolute atomic E-state index is 0.0550. The molecule has 0 amide bonds. The molecule has 0 N–H and O–H groups in total. The Bertz CT molecular complexity index is 395. The van der Waals surface area contributed by atoms with Crippen LogP contribution in [0, 0.1) is 0 Å². The van der Waals surface area contributed by atoms with Gasteiger partial charge in [-0.05, 0) is 18.2 Å². The number of hydrogen-bond donors (Lipinski definition) is 0. The number of carbonyl (C=O) groups excluding carboxylic acids is 2. The molecular formula is C11H10Cl2O3. The van der Waals surface area contributed by atoms with Crippen LogP contribution < -0.4 is 0 Å². The van der Waals surface area contributed by atoms with Gasteiger partial charge in [-0.1, -0.05) is 23.2 Å². The summed E-state index contributed by atoms with van der Waals surface area (Å²) >= 11 is 11.5. The van der Waals surface area contributed by atoms with Crippen molar-refractivity contribution in [2.24, 2.45) is 0 Å². The molecule has 0 aliphatic rings. The summed E-state index contributed by atoms with van der Waals surface area (Å²) in [7, 11) is 1.28. The lowest BCUT2D eigenvalue weighted by Crippen LogP contribution is -2.06. The smallest absolute Gasteiger partial charge is 0.305 e. The van der Waals surface area contributed by atoms with Crippen LogP contribution >= 0.6 is 23.2 Å². The summed E-state index contributed by atoms with van der Waals surface area (Å²) < 4.78 is 4.44. The zero-order chi connectivity index (χ0) is 12.1. The Labute approximate surface area is 103 Å². The van der Waals surface area contributed by atoms with E-state index in [0.717, 1.165) is 0 Å². The second-order valence-corrected chi connectivity index (χ2v) is 4.03. The molecule has 16 heavy (non-hydrogen) atoms. The van der Waals surface area contributed by atoms with Crippen LogP contribution in [0.3, 0.4) is 0 Å². The molecular weight excluding hydrogens is 251 g/mol. The molecule has 1 aromatic carbocycles. The Balaban J connectivity index is 2.69. The molecule has 3 nitrogen and oxygen atoms in total. The summed E-state index contributed by atoms with van der Waals surface area (Å²) in [5, 5.41) is 0.794. The molecule has 0 spiro atoms. The molecule has 0 bridgehead atoms. The normalized spacial score (nSPS) is 9.94. The molecule has 5 heteroatoms. The fourth-order valence-electron chi connectivity index (χ4n) is 1.18. The maximum atomic E-state index is 11.6. The van der Waals surface area contributed by atoms with Crippen molar-refractivity contribution in [3.8, 4) is 0 Å². The fraction of sp³-hybridized carbons (Fsp3) is 0.273. The van der Waals surface area contributed by atoms with E-state index in [9.17, 15) is 9.59 Å². The highest BCUT2D eigenvalue weighted by Crippen LogP contribution is 2.20. The fourth-order valence-corrected chi connectivity index (χ4v) is 1.70. The van der Waals surface area contributed by atoms with Gasteiger partial charge in [-0.3, -0.25) is 9.59 Å². The number of carbonyl (C=O) groups is 2. The quantitative estimate of drug-likeness (QED) is 0.617. The van der Waals surface area contributed by atoms with Crippen LogP contribution in [0.25, 0.3) is 0 Å². The number of halogens is 2. The zero-order valence-electron chi connectivity index (χ0n) is 8.63. The molecule has 0 radical (unpaired) electrons. The third kappa shape index (κ3) is 3.83. The third-order valence-corrected chi connectivity index (χ3v) is 2.40. The predicted octanol–water partition coefficient (Wildman–Crippen LogP) is 3.13. The van der Waals surface area contributed by atoms with Crippen molar-refractivity contribution in [1.82, 2.24) is 0 Å². The van der Waals surface area contributed by atoms with E-state index in [1.54, 1.807) is 6.07 Å². The largest absolute Gasteiger partial charge is 0.469 e. The molecule has 0 fully saturated rings. The van der Waals surface area contributed by atoms with E-state index in [1.807, 2.05) is 0 Å². The number of hydrogen-bond acceptors (Lipinski definition) is 3. The summed E-state index contributed by atoms with van der Waals surface area (Å²) in [6.07, 6.45) is 0.142. The second kappa shape index (κ2) is 5.87. The minimum atomic E-state index is -0.415. The van der Waals surface area contributed by atoms with Gasteiger partial charge in [-0.15, -0.1) is 0 Å². The van der Waals surface area contributed by atoms with E-state index in [-0.39, 0.29) is 18.6 Å². The Morgan fingerprint density at radius 3 is 2.19 bits per heavy atom. The highest BCUT2D eigenvalue weighted by atomic mass is 35.5. The first-order valence-electron chi connectivity index (χ1n) is 4.59. The number of Topliss-reactive ketones (excluding diaryl/α,β-unsaturated/α-hetero) is 1. The lowest BCUT2D eigenvalue weighted by Gasteiger charge is -2.02. The Kier molecular flexibility index (Phi) is 4.77. The van der Waals surface area contributed by atoms with Gasteiger partial charge >= 0.3 is 5.97 Å². The van der Waals surface area contributed by atoms with Crippen molar-refractivity contribution in [1.29, 1.82) is 0 Å². The standard InChI is InChI=1S/C11H10Cl2O3/c1-16-11(15)3-2-10(14)7-4-8(12)6-9(13)5-7/h4-6H,2-3H2,1H3. The Hall–Kier alpha value is -1.06. The summed E-state index contributed by atoms with van der Waals surface area (Å²) in [4.78, 5) is 22.5. The van der Waals surface area contributed by atoms with Gasteiger partial charge < -0.3 is 4.74 Å². The lowest BCUT2D eigenvalue weighted by molar-refractivity contribution is -0.140. The highest BCUT2D eigenvalue weighted by Gasteiger charge is 2.10. The van der Waals surface area contributed by atoms with Crippen LogP contribution in [0.2, 0.25) is 10.0 Å². The summed E-state index contributed by atoms with van der Waals surface area (Å²) in [5.41, 5.74) is 0.404. The first kappa shape index (κ1) is 13.0.